The van der Waals surface area contributed by atoms with E-state index >= 15 is 0 Å². The van der Waals surface area contributed by atoms with Crippen molar-refractivity contribution in [3.8, 4) is 5.75 Å². The Labute approximate surface area is 174 Å². The number of ether oxygens (including phenoxy) is 2. The van der Waals surface area contributed by atoms with Crippen molar-refractivity contribution in [2.45, 2.75) is 17.7 Å². The first-order chi connectivity index (χ1) is 14.3. The summed E-state index contributed by atoms with van der Waals surface area (Å²) in [6.07, 6.45) is 0.609. The Morgan fingerprint density at radius 3 is 2.20 bits per heavy atom. The summed E-state index contributed by atoms with van der Waals surface area (Å²) in [5, 5.41) is 0. The molecule has 0 atom stereocenters. The molecule has 160 valence electrons. The van der Waals surface area contributed by atoms with Gasteiger partial charge in [-0.1, -0.05) is 0 Å². The number of carbonyl (C=O) groups is 2. The number of hydrogen-bond donors (Lipinski definition) is 0. The summed E-state index contributed by atoms with van der Waals surface area (Å²) in [5.74, 6) is -1.34. The second-order valence-corrected chi connectivity index (χ2v) is 8.83. The lowest BCUT2D eigenvalue weighted by molar-refractivity contribution is -0.148. The average molecular weight is 435 g/mol. The molecule has 1 heterocycles. The summed E-state index contributed by atoms with van der Waals surface area (Å²) in [5.41, 5.74) is 0.254. The molecule has 0 radical (unpaired) electrons. The quantitative estimate of drug-likeness (QED) is 0.491. The largest absolute Gasteiger partial charge is 0.497 e. The minimum atomic E-state index is -3.66. The minimum absolute atomic E-state index is 0.161. The number of benzene rings is 2. The predicted octanol–water partition coefficient (Wildman–Crippen LogP) is 2.66. The standard InChI is InChI=1S/C21H22FNO6S/c1-28-18-6-8-19(9-7-18)30(26,27)23-12-10-16(11-13-23)21(25)29-14-20(24)15-2-4-17(22)5-3-15/h2-9,16H,10-14H2,1H3. The zero-order valence-electron chi connectivity index (χ0n) is 16.4. The van der Waals surface area contributed by atoms with Gasteiger partial charge in [0.05, 0.1) is 17.9 Å². The van der Waals surface area contributed by atoms with Gasteiger partial charge >= 0.3 is 5.97 Å². The van der Waals surface area contributed by atoms with Gasteiger partial charge in [-0.05, 0) is 61.4 Å². The van der Waals surface area contributed by atoms with Crippen molar-refractivity contribution in [1.29, 1.82) is 0 Å². The Hall–Kier alpha value is -2.78. The van der Waals surface area contributed by atoms with Crippen LogP contribution in [0.3, 0.4) is 0 Å². The number of halogens is 1. The van der Waals surface area contributed by atoms with Gasteiger partial charge in [0, 0.05) is 18.7 Å². The molecule has 3 rings (SSSR count). The number of carbonyl (C=O) groups excluding carboxylic acids is 2. The second-order valence-electron chi connectivity index (χ2n) is 6.89. The van der Waals surface area contributed by atoms with Crippen LogP contribution in [0.25, 0.3) is 0 Å². The first-order valence-corrected chi connectivity index (χ1v) is 10.8. The number of ketones is 1. The number of esters is 1. The smallest absolute Gasteiger partial charge is 0.309 e. The van der Waals surface area contributed by atoms with E-state index in [2.05, 4.69) is 0 Å². The van der Waals surface area contributed by atoms with Gasteiger partial charge in [0.1, 0.15) is 11.6 Å². The molecule has 0 amide bonds. The van der Waals surface area contributed by atoms with Gasteiger partial charge in [0.2, 0.25) is 10.0 Å². The molecule has 0 saturated carbocycles. The van der Waals surface area contributed by atoms with E-state index in [-0.39, 0.29) is 23.5 Å². The van der Waals surface area contributed by atoms with Crippen molar-refractivity contribution < 1.29 is 31.9 Å². The van der Waals surface area contributed by atoms with E-state index in [0.29, 0.717) is 18.6 Å². The third-order valence-electron chi connectivity index (χ3n) is 5.00. The van der Waals surface area contributed by atoms with Crippen molar-refractivity contribution in [1.82, 2.24) is 4.31 Å². The van der Waals surface area contributed by atoms with E-state index in [0.717, 1.165) is 12.1 Å². The zero-order chi connectivity index (χ0) is 21.7. The van der Waals surface area contributed by atoms with Gasteiger partial charge in [0.25, 0.3) is 0 Å². The van der Waals surface area contributed by atoms with Crippen LogP contribution in [-0.4, -0.2) is 51.3 Å². The van der Waals surface area contributed by atoms with E-state index in [1.807, 2.05) is 0 Å². The van der Waals surface area contributed by atoms with Gasteiger partial charge < -0.3 is 9.47 Å². The Kier molecular flexibility index (Phi) is 6.84. The van der Waals surface area contributed by atoms with Gasteiger partial charge in [-0.3, -0.25) is 9.59 Å². The fourth-order valence-electron chi connectivity index (χ4n) is 3.20. The van der Waals surface area contributed by atoms with Crippen molar-refractivity contribution in [2.75, 3.05) is 26.8 Å². The number of piperidine rings is 1. The van der Waals surface area contributed by atoms with Gasteiger partial charge in [-0.25, -0.2) is 12.8 Å². The van der Waals surface area contributed by atoms with E-state index in [9.17, 15) is 22.4 Å². The summed E-state index contributed by atoms with van der Waals surface area (Å²) >= 11 is 0. The molecule has 1 saturated heterocycles. The molecule has 0 aliphatic carbocycles. The Balaban J connectivity index is 1.52. The average Bonchev–Trinajstić information content (AvgIpc) is 2.77. The topological polar surface area (TPSA) is 90.0 Å². The maximum Gasteiger partial charge on any atom is 0.309 e. The third kappa shape index (κ3) is 5.03. The normalized spacial score (nSPS) is 15.5. The van der Waals surface area contributed by atoms with Crippen LogP contribution in [0.1, 0.15) is 23.2 Å². The summed E-state index contributed by atoms with van der Waals surface area (Å²) in [6.45, 7) is -0.0745. The molecule has 2 aromatic rings. The highest BCUT2D eigenvalue weighted by molar-refractivity contribution is 7.89. The van der Waals surface area contributed by atoms with Crippen LogP contribution in [0.15, 0.2) is 53.4 Å². The molecule has 0 aromatic heterocycles. The number of methoxy groups -OCH3 is 1. The highest BCUT2D eigenvalue weighted by atomic mass is 32.2. The van der Waals surface area contributed by atoms with Crippen LogP contribution in [0, 0.1) is 11.7 Å². The summed E-state index contributed by atoms with van der Waals surface area (Å²) < 4.78 is 49.9. The molecular formula is C21H22FNO6S. The summed E-state index contributed by atoms with van der Waals surface area (Å²) in [6, 6.07) is 11.1. The number of Topliss-reactive ketones (excluding diaryl/α,β-unsaturated/α-hetero) is 1. The van der Waals surface area contributed by atoms with Crippen molar-refractivity contribution in [2.24, 2.45) is 5.92 Å². The van der Waals surface area contributed by atoms with Crippen molar-refractivity contribution >= 4 is 21.8 Å². The first-order valence-electron chi connectivity index (χ1n) is 9.41. The third-order valence-corrected chi connectivity index (χ3v) is 6.91. The molecular weight excluding hydrogens is 413 g/mol. The SMILES string of the molecule is COc1ccc(S(=O)(=O)N2CCC(C(=O)OCC(=O)c3ccc(F)cc3)CC2)cc1. The molecule has 1 aliphatic heterocycles. The van der Waals surface area contributed by atoms with Crippen LogP contribution in [-0.2, 0) is 19.6 Å². The molecule has 0 bridgehead atoms. The van der Waals surface area contributed by atoms with Crippen LogP contribution >= 0.6 is 0 Å². The fourth-order valence-corrected chi connectivity index (χ4v) is 4.67. The minimum Gasteiger partial charge on any atom is -0.497 e. The van der Waals surface area contributed by atoms with E-state index in [1.165, 1.54) is 35.7 Å². The first kappa shape index (κ1) is 21.9. The lowest BCUT2D eigenvalue weighted by atomic mass is 9.98. The van der Waals surface area contributed by atoms with Gasteiger partial charge in [-0.2, -0.15) is 4.31 Å². The fraction of sp³-hybridized carbons (Fsp3) is 0.333. The highest BCUT2D eigenvalue weighted by Gasteiger charge is 2.33. The Morgan fingerprint density at radius 2 is 1.63 bits per heavy atom. The predicted molar refractivity (Wildman–Crippen MR) is 106 cm³/mol. The Morgan fingerprint density at radius 1 is 1.03 bits per heavy atom. The number of hydrogen-bond acceptors (Lipinski definition) is 6. The van der Waals surface area contributed by atoms with E-state index in [4.69, 9.17) is 9.47 Å². The maximum absolute atomic E-state index is 12.9. The molecule has 0 unspecified atom stereocenters. The van der Waals surface area contributed by atoms with Crippen LogP contribution in [0.5, 0.6) is 5.75 Å². The molecule has 0 N–H and O–H groups in total. The monoisotopic (exact) mass is 435 g/mol. The number of nitrogens with zero attached hydrogens (tertiary/aromatic N) is 1. The molecule has 30 heavy (non-hydrogen) atoms. The summed E-state index contributed by atoms with van der Waals surface area (Å²) in [4.78, 5) is 24.5. The highest BCUT2D eigenvalue weighted by Crippen LogP contribution is 2.25. The van der Waals surface area contributed by atoms with Gasteiger partial charge in [0.15, 0.2) is 12.4 Å². The molecule has 9 heteroatoms. The van der Waals surface area contributed by atoms with Crippen molar-refractivity contribution in [3.05, 3.63) is 59.9 Å². The molecule has 1 fully saturated rings. The molecule has 0 spiro atoms. The lowest BCUT2D eigenvalue weighted by Gasteiger charge is -2.30. The Bertz CT molecular complexity index is 997. The van der Waals surface area contributed by atoms with Crippen LogP contribution < -0.4 is 4.74 Å². The second kappa shape index (κ2) is 9.36. The maximum atomic E-state index is 12.9. The van der Waals surface area contributed by atoms with Crippen molar-refractivity contribution in [3.63, 3.8) is 0 Å². The molecule has 7 nitrogen and oxygen atoms in total. The number of rotatable bonds is 7. The van der Waals surface area contributed by atoms with Crippen LogP contribution in [0.2, 0.25) is 0 Å². The lowest BCUT2D eigenvalue weighted by Crippen LogP contribution is -2.40. The number of sulfonamides is 1. The van der Waals surface area contributed by atoms with Crippen LogP contribution in [0.4, 0.5) is 4.39 Å². The molecule has 2 aromatic carbocycles. The zero-order valence-corrected chi connectivity index (χ0v) is 17.2. The van der Waals surface area contributed by atoms with E-state index in [1.54, 1.807) is 12.1 Å². The molecule has 1 aliphatic rings. The summed E-state index contributed by atoms with van der Waals surface area (Å²) in [7, 11) is -2.16. The van der Waals surface area contributed by atoms with E-state index < -0.39 is 40.1 Å². The van der Waals surface area contributed by atoms with Gasteiger partial charge in [-0.15, -0.1) is 0 Å².